The number of ether oxygens (including phenoxy) is 2. The van der Waals surface area contributed by atoms with E-state index in [-0.39, 0.29) is 18.1 Å². The van der Waals surface area contributed by atoms with E-state index in [1.165, 1.54) is 0 Å². The summed E-state index contributed by atoms with van der Waals surface area (Å²) in [7, 11) is 0. The molecule has 1 heterocycles. The number of nitriles is 1. The van der Waals surface area contributed by atoms with Crippen molar-refractivity contribution in [3.63, 3.8) is 0 Å². The smallest absolute Gasteiger partial charge is 0.231 e. The van der Waals surface area contributed by atoms with E-state index in [4.69, 9.17) is 9.47 Å². The van der Waals surface area contributed by atoms with Crippen LogP contribution in [-0.4, -0.2) is 12.6 Å². The fourth-order valence-electron chi connectivity index (χ4n) is 2.10. The average Bonchev–Trinajstić information content (AvgIpc) is 2.99. The number of ketones is 1. The molecule has 1 aliphatic rings. The van der Waals surface area contributed by atoms with Crippen LogP contribution in [-0.2, 0) is 0 Å². The highest BCUT2D eigenvalue weighted by Crippen LogP contribution is 2.33. The number of carbonyl (C=O) groups excluding carboxylic acids is 1. The van der Waals surface area contributed by atoms with Gasteiger partial charge in [0, 0.05) is 10.0 Å². The second-order valence-corrected chi connectivity index (χ2v) is 5.54. The minimum atomic E-state index is -0.347. The Hall–Kier alpha value is -2.58. The summed E-state index contributed by atoms with van der Waals surface area (Å²) in [6, 6.07) is 14.2. The van der Waals surface area contributed by atoms with Gasteiger partial charge in [-0.05, 0) is 42.0 Å². The molecule has 0 aromatic heterocycles. The molecule has 0 atom stereocenters. The predicted molar refractivity (Wildman–Crippen MR) is 84.6 cm³/mol. The van der Waals surface area contributed by atoms with Crippen LogP contribution < -0.4 is 9.47 Å². The Morgan fingerprint density at radius 2 is 2.00 bits per heavy atom. The largest absolute Gasteiger partial charge is 0.454 e. The molecule has 0 fully saturated rings. The molecular weight excluding hydrogens is 346 g/mol. The van der Waals surface area contributed by atoms with Gasteiger partial charge in [-0.1, -0.05) is 28.1 Å². The molecule has 22 heavy (non-hydrogen) atoms. The maximum atomic E-state index is 12.5. The summed E-state index contributed by atoms with van der Waals surface area (Å²) < 4.78 is 11.3. The number of carbonyl (C=O) groups is 1. The molecule has 1 aliphatic heterocycles. The number of hydrogen-bond donors (Lipinski definition) is 0. The number of benzene rings is 2. The summed E-state index contributed by atoms with van der Waals surface area (Å²) in [6.07, 6.45) is 1.57. The molecule has 0 amide bonds. The Morgan fingerprint density at radius 1 is 1.18 bits per heavy atom. The lowest BCUT2D eigenvalue weighted by Gasteiger charge is -2.02. The molecule has 4 nitrogen and oxygen atoms in total. The highest BCUT2D eigenvalue weighted by atomic mass is 79.9. The van der Waals surface area contributed by atoms with Crippen LogP contribution in [0.25, 0.3) is 6.08 Å². The molecule has 3 rings (SSSR count). The molecular formula is C17H10BrNO3. The maximum Gasteiger partial charge on any atom is 0.231 e. The topological polar surface area (TPSA) is 59.3 Å². The first-order chi connectivity index (χ1) is 10.7. The minimum absolute atomic E-state index is 0.0666. The first-order valence-electron chi connectivity index (χ1n) is 6.49. The van der Waals surface area contributed by atoms with Crippen LogP contribution in [0.4, 0.5) is 0 Å². The summed E-state index contributed by atoms with van der Waals surface area (Å²) in [4.78, 5) is 12.5. The third kappa shape index (κ3) is 2.87. The van der Waals surface area contributed by atoms with E-state index in [0.29, 0.717) is 17.1 Å². The number of allylic oxidation sites excluding steroid dienone is 1. The highest BCUT2D eigenvalue weighted by Gasteiger charge is 2.18. The van der Waals surface area contributed by atoms with E-state index in [1.807, 2.05) is 30.3 Å². The van der Waals surface area contributed by atoms with Crippen molar-refractivity contribution in [1.29, 1.82) is 5.26 Å². The van der Waals surface area contributed by atoms with E-state index in [1.54, 1.807) is 24.3 Å². The Bertz CT molecular complexity index is 821. The molecule has 0 N–H and O–H groups in total. The summed E-state index contributed by atoms with van der Waals surface area (Å²) in [5.74, 6) is 0.775. The lowest BCUT2D eigenvalue weighted by atomic mass is 10.0. The second kappa shape index (κ2) is 6.04. The van der Waals surface area contributed by atoms with Gasteiger partial charge in [-0.15, -0.1) is 0 Å². The molecule has 0 saturated heterocycles. The van der Waals surface area contributed by atoms with Crippen molar-refractivity contribution < 1.29 is 14.3 Å². The van der Waals surface area contributed by atoms with Crippen LogP contribution in [0.5, 0.6) is 11.5 Å². The number of hydrogen-bond acceptors (Lipinski definition) is 4. The summed E-state index contributed by atoms with van der Waals surface area (Å²) in [6.45, 7) is 0.145. The summed E-state index contributed by atoms with van der Waals surface area (Å²) in [5, 5.41) is 9.28. The van der Waals surface area contributed by atoms with Gasteiger partial charge in [-0.3, -0.25) is 4.79 Å². The van der Waals surface area contributed by atoms with Gasteiger partial charge >= 0.3 is 0 Å². The minimum Gasteiger partial charge on any atom is -0.454 e. The molecule has 2 aromatic carbocycles. The molecule has 0 radical (unpaired) electrons. The average molecular weight is 356 g/mol. The van der Waals surface area contributed by atoms with Gasteiger partial charge in [-0.25, -0.2) is 0 Å². The molecule has 0 bridgehead atoms. The zero-order chi connectivity index (χ0) is 15.5. The Kier molecular flexibility index (Phi) is 3.94. The van der Waals surface area contributed by atoms with Crippen LogP contribution in [0, 0.1) is 11.3 Å². The lowest BCUT2D eigenvalue weighted by Crippen LogP contribution is -2.02. The summed E-state index contributed by atoms with van der Waals surface area (Å²) in [5.41, 5.74) is 1.24. The zero-order valence-corrected chi connectivity index (χ0v) is 13.0. The zero-order valence-electron chi connectivity index (χ0n) is 11.4. The fraction of sp³-hybridized carbons (Fsp3) is 0.0588. The molecule has 0 unspecified atom stereocenters. The van der Waals surface area contributed by atoms with E-state index in [9.17, 15) is 10.1 Å². The van der Waals surface area contributed by atoms with Crippen LogP contribution in [0.3, 0.4) is 0 Å². The third-order valence-electron chi connectivity index (χ3n) is 3.16. The van der Waals surface area contributed by atoms with E-state index < -0.39 is 0 Å². The fourth-order valence-corrected chi connectivity index (χ4v) is 2.52. The van der Waals surface area contributed by atoms with Gasteiger partial charge in [0.15, 0.2) is 11.5 Å². The number of nitrogens with zero attached hydrogens (tertiary/aromatic N) is 1. The van der Waals surface area contributed by atoms with Gasteiger partial charge < -0.3 is 9.47 Å². The summed E-state index contributed by atoms with van der Waals surface area (Å²) >= 11 is 3.36. The SMILES string of the molecule is N#C/C(=C/c1cccc(Br)c1)C(=O)c1ccc2c(c1)OCO2. The molecule has 0 spiro atoms. The maximum absolute atomic E-state index is 12.5. The molecule has 5 heteroatoms. The van der Waals surface area contributed by atoms with Gasteiger partial charge in [0.05, 0.1) is 0 Å². The van der Waals surface area contributed by atoms with Crippen molar-refractivity contribution in [3.8, 4) is 17.6 Å². The van der Waals surface area contributed by atoms with Crippen molar-refractivity contribution in [3.05, 3.63) is 63.6 Å². The third-order valence-corrected chi connectivity index (χ3v) is 3.65. The van der Waals surface area contributed by atoms with E-state index >= 15 is 0 Å². The number of rotatable bonds is 3. The van der Waals surface area contributed by atoms with Crippen LogP contribution in [0.1, 0.15) is 15.9 Å². The van der Waals surface area contributed by atoms with Gasteiger partial charge in [0.2, 0.25) is 12.6 Å². The first-order valence-corrected chi connectivity index (χ1v) is 7.28. The number of halogens is 1. The quantitative estimate of drug-likeness (QED) is 0.474. The standard InChI is InChI=1S/C17H10BrNO3/c18-14-3-1-2-11(7-14)6-13(9-19)17(20)12-4-5-15-16(8-12)22-10-21-15/h1-8H,10H2/b13-6-. The van der Waals surface area contributed by atoms with Gasteiger partial charge in [0.25, 0.3) is 0 Å². The molecule has 108 valence electrons. The van der Waals surface area contributed by atoms with E-state index in [2.05, 4.69) is 15.9 Å². The van der Waals surface area contributed by atoms with Crippen LogP contribution in [0.15, 0.2) is 52.5 Å². The predicted octanol–water partition coefficient (Wildman–Crippen LogP) is 3.97. The lowest BCUT2D eigenvalue weighted by molar-refractivity contribution is 0.103. The van der Waals surface area contributed by atoms with Crippen molar-refractivity contribution in [2.24, 2.45) is 0 Å². The number of Topliss-reactive ketones (excluding diaryl/α,β-unsaturated/α-hetero) is 1. The molecule has 0 aliphatic carbocycles. The van der Waals surface area contributed by atoms with Crippen molar-refractivity contribution in [1.82, 2.24) is 0 Å². The molecule has 2 aromatic rings. The Labute approximate surface area is 135 Å². The second-order valence-electron chi connectivity index (χ2n) is 4.62. The van der Waals surface area contributed by atoms with Crippen LogP contribution >= 0.6 is 15.9 Å². The normalized spacial score (nSPS) is 12.8. The Morgan fingerprint density at radius 3 is 2.77 bits per heavy atom. The van der Waals surface area contributed by atoms with Gasteiger partial charge in [0.1, 0.15) is 11.6 Å². The van der Waals surface area contributed by atoms with Crippen LogP contribution in [0.2, 0.25) is 0 Å². The van der Waals surface area contributed by atoms with E-state index in [0.717, 1.165) is 10.0 Å². The molecule has 0 saturated carbocycles. The van der Waals surface area contributed by atoms with Crippen molar-refractivity contribution >= 4 is 27.8 Å². The first kappa shape index (κ1) is 14.4. The van der Waals surface area contributed by atoms with Crippen molar-refractivity contribution in [2.45, 2.75) is 0 Å². The Balaban J connectivity index is 1.94. The van der Waals surface area contributed by atoms with Gasteiger partial charge in [-0.2, -0.15) is 5.26 Å². The number of fused-ring (bicyclic) bond motifs is 1. The monoisotopic (exact) mass is 355 g/mol. The van der Waals surface area contributed by atoms with Crippen molar-refractivity contribution in [2.75, 3.05) is 6.79 Å². The highest BCUT2D eigenvalue weighted by molar-refractivity contribution is 9.10.